The molecule has 0 spiro atoms. The van der Waals surface area contributed by atoms with E-state index in [1.807, 2.05) is 6.92 Å². The van der Waals surface area contributed by atoms with E-state index in [4.69, 9.17) is 0 Å². The van der Waals surface area contributed by atoms with Crippen molar-refractivity contribution in [1.29, 1.82) is 0 Å². The van der Waals surface area contributed by atoms with Crippen molar-refractivity contribution >= 4 is 21.8 Å². The molecular formula is C13H24N4O2S2. The topological polar surface area (TPSA) is 86.9 Å². The van der Waals surface area contributed by atoms with Crippen LogP contribution in [-0.2, 0) is 16.6 Å². The van der Waals surface area contributed by atoms with Gasteiger partial charge in [0.1, 0.15) is 0 Å². The molecule has 0 radical (unpaired) electrons. The second-order valence-corrected chi connectivity index (χ2v) is 8.54. The van der Waals surface area contributed by atoms with Gasteiger partial charge in [0.15, 0.2) is 5.03 Å². The van der Waals surface area contributed by atoms with Crippen molar-refractivity contribution in [3.63, 3.8) is 0 Å². The maximum atomic E-state index is 12.5. The van der Waals surface area contributed by atoms with Crippen LogP contribution in [0.15, 0.2) is 5.03 Å². The predicted octanol–water partition coefficient (Wildman–Crippen LogP) is 1.39. The molecule has 21 heavy (non-hydrogen) atoms. The quantitative estimate of drug-likeness (QED) is 0.702. The normalized spacial score (nSPS) is 18.2. The summed E-state index contributed by atoms with van der Waals surface area (Å²) in [6.07, 6.45) is 6.55. The maximum absolute atomic E-state index is 12.5. The molecule has 8 heteroatoms. The largest absolute Gasteiger partial charge is 0.316 e. The summed E-state index contributed by atoms with van der Waals surface area (Å²) in [5.74, 6) is 0. The van der Waals surface area contributed by atoms with Crippen molar-refractivity contribution in [2.75, 3.05) is 19.8 Å². The molecule has 1 aliphatic rings. The van der Waals surface area contributed by atoms with Crippen LogP contribution < -0.4 is 10.0 Å². The number of nitrogens with zero attached hydrogens (tertiary/aromatic N) is 1. The van der Waals surface area contributed by atoms with E-state index in [2.05, 4.69) is 26.5 Å². The second-order valence-electron chi connectivity index (χ2n) is 5.58. The Kier molecular flexibility index (Phi) is 5.34. The Morgan fingerprint density at radius 3 is 2.62 bits per heavy atom. The summed E-state index contributed by atoms with van der Waals surface area (Å²) in [4.78, 5) is 0. The molecule has 3 N–H and O–H groups in total. The fourth-order valence-electron chi connectivity index (χ4n) is 2.80. The van der Waals surface area contributed by atoms with Crippen molar-refractivity contribution in [3.8, 4) is 0 Å². The number of thioether (sulfide) groups is 1. The molecule has 0 saturated heterocycles. The number of hydrogen-bond donors (Lipinski definition) is 3. The Bertz CT molecular complexity index is 577. The summed E-state index contributed by atoms with van der Waals surface area (Å²) in [6.45, 7) is 2.78. The average molecular weight is 332 g/mol. The SMILES string of the molecule is CNCc1c(S(=O)(=O)NCC2(SC)CCCC2)n[nH]c1C. The van der Waals surface area contributed by atoms with Crippen LogP contribution in [0.2, 0.25) is 0 Å². The first-order chi connectivity index (χ1) is 9.94. The lowest BCUT2D eigenvalue weighted by Gasteiger charge is -2.26. The lowest BCUT2D eigenvalue weighted by Crippen LogP contribution is -2.38. The van der Waals surface area contributed by atoms with Crippen LogP contribution >= 0.6 is 11.8 Å². The van der Waals surface area contributed by atoms with Gasteiger partial charge >= 0.3 is 0 Å². The fourth-order valence-corrected chi connectivity index (χ4v) is 5.13. The van der Waals surface area contributed by atoms with Crippen LogP contribution in [0.5, 0.6) is 0 Å². The molecule has 1 aromatic rings. The Morgan fingerprint density at radius 1 is 1.38 bits per heavy atom. The summed E-state index contributed by atoms with van der Waals surface area (Å²) in [5.41, 5.74) is 1.49. The standard InChI is InChI=1S/C13H24N4O2S2/c1-10-11(8-14-2)12(17-16-10)21(18,19)15-9-13(20-3)6-4-5-7-13/h14-15H,4-9H2,1-3H3,(H,16,17). The van der Waals surface area contributed by atoms with Gasteiger partial charge in [-0.25, -0.2) is 13.1 Å². The third kappa shape index (κ3) is 3.61. The molecule has 1 saturated carbocycles. The van der Waals surface area contributed by atoms with Crippen LogP contribution in [0.4, 0.5) is 0 Å². The smallest absolute Gasteiger partial charge is 0.260 e. The average Bonchev–Trinajstić information content (AvgIpc) is 3.06. The van der Waals surface area contributed by atoms with Gasteiger partial charge in [0, 0.05) is 29.1 Å². The minimum Gasteiger partial charge on any atom is -0.316 e. The van der Waals surface area contributed by atoms with Gasteiger partial charge in [-0.15, -0.1) is 0 Å². The first kappa shape index (κ1) is 16.8. The van der Waals surface area contributed by atoms with Gasteiger partial charge in [0.2, 0.25) is 0 Å². The van der Waals surface area contributed by atoms with Crippen molar-refractivity contribution < 1.29 is 8.42 Å². The van der Waals surface area contributed by atoms with Crippen LogP contribution in [0.1, 0.15) is 36.9 Å². The number of rotatable bonds is 7. The maximum Gasteiger partial charge on any atom is 0.260 e. The first-order valence-corrected chi connectivity index (χ1v) is 9.88. The van der Waals surface area contributed by atoms with E-state index >= 15 is 0 Å². The van der Waals surface area contributed by atoms with Crippen LogP contribution in [0, 0.1) is 6.92 Å². The van der Waals surface area contributed by atoms with E-state index < -0.39 is 10.0 Å². The monoisotopic (exact) mass is 332 g/mol. The summed E-state index contributed by atoms with van der Waals surface area (Å²) < 4.78 is 27.9. The molecule has 0 aromatic carbocycles. The van der Waals surface area contributed by atoms with Crippen molar-refractivity contribution in [3.05, 3.63) is 11.3 Å². The third-order valence-electron chi connectivity index (χ3n) is 4.18. The highest BCUT2D eigenvalue weighted by atomic mass is 32.2. The van der Waals surface area contributed by atoms with Crippen LogP contribution in [0.3, 0.4) is 0 Å². The Morgan fingerprint density at radius 2 is 2.05 bits per heavy atom. The highest BCUT2D eigenvalue weighted by Crippen LogP contribution is 2.39. The zero-order chi connectivity index (χ0) is 15.5. The molecule has 0 aliphatic heterocycles. The number of sulfonamides is 1. The summed E-state index contributed by atoms with van der Waals surface area (Å²) in [5, 5.41) is 9.84. The second kappa shape index (κ2) is 6.68. The molecule has 0 atom stereocenters. The van der Waals surface area contributed by atoms with E-state index in [1.165, 1.54) is 12.8 Å². The predicted molar refractivity (Wildman–Crippen MR) is 86.0 cm³/mol. The first-order valence-electron chi connectivity index (χ1n) is 7.17. The van der Waals surface area contributed by atoms with E-state index in [0.717, 1.165) is 18.5 Å². The van der Waals surface area contributed by atoms with E-state index in [9.17, 15) is 8.42 Å². The number of aryl methyl sites for hydroxylation is 1. The van der Waals surface area contributed by atoms with Crippen molar-refractivity contribution in [2.45, 2.75) is 48.9 Å². The third-order valence-corrected chi connectivity index (χ3v) is 6.97. The van der Waals surface area contributed by atoms with E-state index in [1.54, 1.807) is 18.8 Å². The Balaban J connectivity index is 2.15. The van der Waals surface area contributed by atoms with Crippen molar-refractivity contribution in [1.82, 2.24) is 20.2 Å². The number of aromatic nitrogens is 2. The van der Waals surface area contributed by atoms with Gasteiger partial charge in [0.05, 0.1) is 0 Å². The van der Waals surface area contributed by atoms with E-state index in [-0.39, 0.29) is 9.77 Å². The molecule has 120 valence electrons. The van der Waals surface area contributed by atoms with Crippen LogP contribution in [0.25, 0.3) is 0 Å². The molecule has 0 bridgehead atoms. The van der Waals surface area contributed by atoms with Gasteiger partial charge < -0.3 is 5.32 Å². The van der Waals surface area contributed by atoms with Gasteiger partial charge in [-0.05, 0) is 33.1 Å². The molecule has 1 aliphatic carbocycles. The number of aromatic amines is 1. The molecule has 1 aromatic heterocycles. The van der Waals surface area contributed by atoms with Gasteiger partial charge in [-0.2, -0.15) is 16.9 Å². The zero-order valence-corrected chi connectivity index (χ0v) is 14.5. The molecular weight excluding hydrogens is 308 g/mol. The highest BCUT2D eigenvalue weighted by Gasteiger charge is 2.35. The molecule has 0 unspecified atom stereocenters. The molecule has 1 heterocycles. The van der Waals surface area contributed by atoms with Crippen LogP contribution in [-0.4, -0.2) is 43.2 Å². The lowest BCUT2D eigenvalue weighted by atomic mass is 10.1. The van der Waals surface area contributed by atoms with E-state index in [0.29, 0.717) is 18.7 Å². The zero-order valence-electron chi connectivity index (χ0n) is 12.8. The Labute approximate surface area is 130 Å². The minimum atomic E-state index is -3.57. The molecule has 1 fully saturated rings. The number of hydrogen-bond acceptors (Lipinski definition) is 5. The fraction of sp³-hybridized carbons (Fsp3) is 0.769. The lowest BCUT2D eigenvalue weighted by molar-refractivity contribution is 0.547. The minimum absolute atomic E-state index is 0.0432. The van der Waals surface area contributed by atoms with Gasteiger partial charge in [-0.3, -0.25) is 5.10 Å². The van der Waals surface area contributed by atoms with Gasteiger partial charge in [-0.1, -0.05) is 12.8 Å². The number of H-pyrrole nitrogens is 1. The van der Waals surface area contributed by atoms with Crippen molar-refractivity contribution in [2.24, 2.45) is 0 Å². The molecule has 0 amide bonds. The molecule has 6 nitrogen and oxygen atoms in total. The highest BCUT2D eigenvalue weighted by molar-refractivity contribution is 8.00. The summed E-state index contributed by atoms with van der Waals surface area (Å²) >= 11 is 1.77. The summed E-state index contributed by atoms with van der Waals surface area (Å²) in [7, 11) is -1.78. The Hall–Kier alpha value is -0.570. The summed E-state index contributed by atoms with van der Waals surface area (Å²) in [6, 6.07) is 0. The van der Waals surface area contributed by atoms with Gasteiger partial charge in [0.25, 0.3) is 10.0 Å². The number of nitrogens with one attached hydrogen (secondary N) is 3. The molecule has 2 rings (SSSR count).